The van der Waals surface area contributed by atoms with Crippen molar-refractivity contribution in [3.8, 4) is 0 Å². The predicted octanol–water partition coefficient (Wildman–Crippen LogP) is -1.04. The van der Waals surface area contributed by atoms with Gasteiger partial charge in [0.25, 0.3) is 0 Å². The van der Waals surface area contributed by atoms with Crippen LogP contribution in [0, 0.1) is 0 Å². The molecule has 0 radical (unpaired) electrons. The minimum Gasteiger partial charge on any atom is -0.394 e. The van der Waals surface area contributed by atoms with E-state index in [4.69, 9.17) is 23.8 Å². The zero-order valence-corrected chi connectivity index (χ0v) is 19.2. The number of aliphatic hydroxyl groups excluding tert-OH is 3. The van der Waals surface area contributed by atoms with Gasteiger partial charge in [0.2, 0.25) is 5.60 Å². The van der Waals surface area contributed by atoms with Gasteiger partial charge in [-0.25, -0.2) is 15.1 Å². The lowest BCUT2D eigenvalue weighted by Crippen LogP contribution is -2.53. The van der Waals surface area contributed by atoms with E-state index in [1.54, 1.807) is 27.7 Å². The van der Waals surface area contributed by atoms with Crippen molar-refractivity contribution in [2.75, 3.05) is 38.5 Å². The van der Waals surface area contributed by atoms with Crippen LogP contribution in [0.3, 0.4) is 0 Å². The molecule has 33 heavy (non-hydrogen) atoms. The highest BCUT2D eigenvalue weighted by molar-refractivity contribution is 5.80. The Morgan fingerprint density at radius 2 is 1.88 bits per heavy atom. The maximum Gasteiger partial charge on any atom is 0.368 e. The molecule has 4 atom stereocenters. The van der Waals surface area contributed by atoms with Crippen molar-refractivity contribution >= 4 is 11.8 Å². The van der Waals surface area contributed by atoms with E-state index >= 15 is 0 Å². The molecular formula is C20H33N3O10. The molecule has 0 bridgehead atoms. The smallest absolute Gasteiger partial charge is 0.368 e. The third-order valence-corrected chi connectivity index (χ3v) is 4.78. The summed E-state index contributed by atoms with van der Waals surface area (Å²) in [4.78, 5) is 34.2. The van der Waals surface area contributed by atoms with Crippen molar-refractivity contribution in [3.05, 3.63) is 22.7 Å². The second kappa shape index (κ2) is 12.4. The van der Waals surface area contributed by atoms with Gasteiger partial charge in [-0.2, -0.15) is 4.98 Å². The second-order valence-corrected chi connectivity index (χ2v) is 7.66. The fraction of sp³-hybridized carbons (Fsp3) is 0.750. The maximum absolute atomic E-state index is 12.9. The Morgan fingerprint density at radius 1 is 1.24 bits per heavy atom. The van der Waals surface area contributed by atoms with E-state index in [1.165, 1.54) is 12.3 Å². The molecule has 1 aliphatic heterocycles. The lowest BCUT2D eigenvalue weighted by molar-refractivity contribution is -0.196. The van der Waals surface area contributed by atoms with E-state index in [0.717, 1.165) is 4.57 Å². The summed E-state index contributed by atoms with van der Waals surface area (Å²) in [7, 11) is 0. The summed E-state index contributed by atoms with van der Waals surface area (Å²) in [5.74, 6) is -0.921. The number of nitrogens with one attached hydrogen (secondary N) is 1. The molecule has 2 heterocycles. The van der Waals surface area contributed by atoms with E-state index < -0.39 is 48.4 Å². The topological polar surface area (TPSA) is 171 Å². The van der Waals surface area contributed by atoms with Crippen LogP contribution in [0.4, 0.5) is 5.82 Å². The van der Waals surface area contributed by atoms with Gasteiger partial charge >= 0.3 is 11.7 Å². The number of anilines is 1. The molecule has 0 aromatic carbocycles. The zero-order valence-electron chi connectivity index (χ0n) is 19.2. The van der Waals surface area contributed by atoms with Gasteiger partial charge in [0.05, 0.1) is 25.9 Å². The quantitative estimate of drug-likeness (QED) is 0.256. The molecule has 1 fully saturated rings. The summed E-state index contributed by atoms with van der Waals surface area (Å²) in [6, 6.07) is 1.31. The number of carbonyl (C=O) groups excluding carboxylic acids is 1. The van der Waals surface area contributed by atoms with Gasteiger partial charge in [0.1, 0.15) is 18.3 Å². The molecule has 0 amide bonds. The van der Waals surface area contributed by atoms with E-state index in [2.05, 4.69) is 10.5 Å². The standard InChI is InChI=1S/C20H33N3O10/c1-5-29-10-20(11-30-6-2,32-12(3)4)18(27)33-22-14-7-8-23(19(28)21-14)17-16(26)15(25)13(9-24)31-17/h7-8,12-13,15-17,24-26H,5-6,9-11H2,1-4H3,(H,21,22,28)/t13-,15-,16-,17-/m1/s1. The van der Waals surface area contributed by atoms with Gasteiger partial charge < -0.3 is 39.1 Å². The molecule has 188 valence electrons. The molecule has 1 saturated heterocycles. The van der Waals surface area contributed by atoms with Gasteiger partial charge in [-0.05, 0) is 27.7 Å². The molecule has 0 spiro atoms. The summed E-state index contributed by atoms with van der Waals surface area (Å²) in [6.45, 7) is 7.00. The summed E-state index contributed by atoms with van der Waals surface area (Å²) in [5, 5.41) is 29.2. The Balaban J connectivity index is 2.14. The van der Waals surface area contributed by atoms with E-state index in [0.29, 0.717) is 13.2 Å². The van der Waals surface area contributed by atoms with Crippen molar-refractivity contribution in [1.82, 2.24) is 9.55 Å². The Labute approximate surface area is 191 Å². The number of hydrogen-bond acceptors (Lipinski definition) is 12. The zero-order chi connectivity index (χ0) is 24.6. The van der Waals surface area contributed by atoms with Gasteiger partial charge in [-0.1, -0.05) is 0 Å². The Kier molecular flexibility index (Phi) is 10.2. The summed E-state index contributed by atoms with van der Waals surface area (Å²) < 4.78 is 22.9. The molecule has 4 N–H and O–H groups in total. The van der Waals surface area contributed by atoms with Crippen molar-refractivity contribution in [2.24, 2.45) is 0 Å². The minimum atomic E-state index is -1.54. The van der Waals surface area contributed by atoms with Gasteiger partial charge in [0, 0.05) is 25.5 Å². The van der Waals surface area contributed by atoms with Gasteiger partial charge in [0.15, 0.2) is 12.0 Å². The Bertz CT molecular complexity index is 810. The van der Waals surface area contributed by atoms with Crippen LogP contribution < -0.4 is 11.2 Å². The van der Waals surface area contributed by atoms with E-state index in [9.17, 15) is 24.9 Å². The van der Waals surface area contributed by atoms with Crippen LogP contribution in [0.5, 0.6) is 0 Å². The summed E-state index contributed by atoms with van der Waals surface area (Å²) in [5.41, 5.74) is -0.0736. The number of ether oxygens (including phenoxy) is 4. The Morgan fingerprint density at radius 3 is 2.36 bits per heavy atom. The van der Waals surface area contributed by atoms with E-state index in [-0.39, 0.29) is 25.1 Å². The number of carbonyl (C=O) groups is 1. The highest BCUT2D eigenvalue weighted by atomic mass is 16.7. The maximum atomic E-state index is 12.9. The molecule has 0 saturated carbocycles. The minimum absolute atomic E-state index is 0.0948. The van der Waals surface area contributed by atoms with Crippen LogP contribution in [-0.2, 0) is 28.6 Å². The molecule has 1 aromatic heterocycles. The van der Waals surface area contributed by atoms with Crippen molar-refractivity contribution in [1.29, 1.82) is 0 Å². The van der Waals surface area contributed by atoms with Crippen molar-refractivity contribution in [3.63, 3.8) is 0 Å². The lowest BCUT2D eigenvalue weighted by Gasteiger charge is -2.32. The molecule has 13 nitrogen and oxygen atoms in total. The van der Waals surface area contributed by atoms with Crippen molar-refractivity contribution < 1.29 is 43.9 Å². The van der Waals surface area contributed by atoms with Crippen LogP contribution in [-0.4, -0.2) is 93.9 Å². The number of hydrogen-bond donors (Lipinski definition) is 4. The normalized spacial score (nSPS) is 23.2. The van der Waals surface area contributed by atoms with Crippen LogP contribution in [0.25, 0.3) is 0 Å². The average Bonchev–Trinajstić information content (AvgIpc) is 3.07. The lowest BCUT2D eigenvalue weighted by atomic mass is 10.1. The van der Waals surface area contributed by atoms with Crippen LogP contribution in [0.15, 0.2) is 17.1 Å². The number of rotatable bonds is 13. The predicted molar refractivity (Wildman–Crippen MR) is 113 cm³/mol. The first-order valence-electron chi connectivity index (χ1n) is 10.7. The van der Waals surface area contributed by atoms with Crippen molar-refractivity contribution in [2.45, 2.75) is 63.9 Å². The molecule has 1 aromatic rings. The third-order valence-electron chi connectivity index (χ3n) is 4.78. The van der Waals surface area contributed by atoms with Crippen LogP contribution in [0.1, 0.15) is 33.9 Å². The molecule has 2 rings (SSSR count). The highest BCUT2D eigenvalue weighted by Crippen LogP contribution is 2.28. The molecular weight excluding hydrogens is 442 g/mol. The molecule has 13 heteroatoms. The van der Waals surface area contributed by atoms with Crippen LogP contribution in [0.2, 0.25) is 0 Å². The number of nitrogens with zero attached hydrogens (tertiary/aromatic N) is 2. The second-order valence-electron chi connectivity index (χ2n) is 7.66. The van der Waals surface area contributed by atoms with E-state index in [1.807, 2.05) is 0 Å². The third kappa shape index (κ3) is 6.69. The average molecular weight is 475 g/mol. The van der Waals surface area contributed by atoms with Crippen LogP contribution >= 0.6 is 0 Å². The summed E-state index contributed by atoms with van der Waals surface area (Å²) in [6.07, 6.45) is -4.18. The first-order chi connectivity index (χ1) is 15.7. The molecule has 1 aliphatic rings. The highest BCUT2D eigenvalue weighted by Gasteiger charge is 2.45. The van der Waals surface area contributed by atoms with Gasteiger partial charge in [-0.15, -0.1) is 0 Å². The SMILES string of the molecule is CCOCC(COCC)(OC(C)C)C(=O)ONc1ccn([C@@H]2O[C@H](CO)[C@@H](O)[C@H]2O)c(=O)n1. The fourth-order valence-corrected chi connectivity index (χ4v) is 3.23. The first kappa shape index (κ1) is 27.1. The summed E-state index contributed by atoms with van der Waals surface area (Å²) >= 11 is 0. The number of aliphatic hydroxyl groups is 3. The van der Waals surface area contributed by atoms with Gasteiger partial charge in [-0.3, -0.25) is 4.57 Å². The largest absolute Gasteiger partial charge is 0.394 e. The monoisotopic (exact) mass is 475 g/mol. The number of aromatic nitrogens is 2. The molecule has 0 aliphatic carbocycles. The molecule has 0 unspecified atom stereocenters. The fourth-order valence-electron chi connectivity index (χ4n) is 3.23. The first-order valence-corrected chi connectivity index (χ1v) is 10.7. The Hall–Kier alpha value is -2.13.